The fourth-order valence-electron chi connectivity index (χ4n) is 1.84. The van der Waals surface area contributed by atoms with Gasteiger partial charge in [0, 0.05) is 30.0 Å². The zero-order valence-corrected chi connectivity index (χ0v) is 13.6. The molecule has 104 valence electrons. The summed E-state index contributed by atoms with van der Waals surface area (Å²) in [6.45, 7) is 2.34. The van der Waals surface area contributed by atoms with Gasteiger partial charge >= 0.3 is 0 Å². The first-order chi connectivity index (χ1) is 9.49. The summed E-state index contributed by atoms with van der Waals surface area (Å²) in [6, 6.07) is 9.51. The SMILES string of the molecule is Cc1cc(Cl)c(C(=O)N(C)Cc2ccccc2Br)cn1. The summed E-state index contributed by atoms with van der Waals surface area (Å²) in [4.78, 5) is 18.1. The molecule has 1 heterocycles. The van der Waals surface area contributed by atoms with Gasteiger partial charge in [0.2, 0.25) is 0 Å². The molecule has 2 rings (SSSR count). The number of carbonyl (C=O) groups excluding carboxylic acids is 1. The molecule has 5 heteroatoms. The molecule has 20 heavy (non-hydrogen) atoms. The van der Waals surface area contributed by atoms with E-state index in [-0.39, 0.29) is 5.91 Å². The molecule has 0 aliphatic heterocycles. The Morgan fingerprint density at radius 3 is 2.75 bits per heavy atom. The van der Waals surface area contributed by atoms with Crippen molar-refractivity contribution in [3.8, 4) is 0 Å². The van der Waals surface area contributed by atoms with Crippen LogP contribution in [0.5, 0.6) is 0 Å². The fourth-order valence-corrected chi connectivity index (χ4v) is 2.54. The lowest BCUT2D eigenvalue weighted by Gasteiger charge is -2.18. The van der Waals surface area contributed by atoms with Gasteiger partial charge < -0.3 is 4.90 Å². The van der Waals surface area contributed by atoms with E-state index in [4.69, 9.17) is 11.6 Å². The van der Waals surface area contributed by atoms with Crippen molar-refractivity contribution in [2.75, 3.05) is 7.05 Å². The highest BCUT2D eigenvalue weighted by Gasteiger charge is 2.16. The first-order valence-electron chi connectivity index (χ1n) is 6.10. The van der Waals surface area contributed by atoms with Gasteiger partial charge in [-0.25, -0.2) is 0 Å². The number of halogens is 2. The molecule has 0 unspecified atom stereocenters. The number of hydrogen-bond donors (Lipinski definition) is 0. The van der Waals surface area contributed by atoms with Crippen molar-refractivity contribution in [1.82, 2.24) is 9.88 Å². The van der Waals surface area contributed by atoms with Gasteiger partial charge in [-0.2, -0.15) is 0 Å². The smallest absolute Gasteiger partial charge is 0.256 e. The zero-order valence-electron chi connectivity index (χ0n) is 11.2. The van der Waals surface area contributed by atoms with Crippen LogP contribution in [-0.2, 0) is 6.54 Å². The van der Waals surface area contributed by atoms with Gasteiger partial charge in [-0.3, -0.25) is 9.78 Å². The molecule has 0 atom stereocenters. The van der Waals surface area contributed by atoms with E-state index in [0.717, 1.165) is 15.7 Å². The van der Waals surface area contributed by atoms with Gasteiger partial charge in [0.05, 0.1) is 10.6 Å². The molecule has 0 aliphatic carbocycles. The first kappa shape index (κ1) is 15.0. The van der Waals surface area contributed by atoms with Crippen LogP contribution in [0.25, 0.3) is 0 Å². The standard InChI is InChI=1S/C15H14BrClN2O/c1-10-7-14(17)12(8-18-10)15(20)19(2)9-11-5-3-4-6-13(11)16/h3-8H,9H2,1-2H3. The number of benzene rings is 1. The summed E-state index contributed by atoms with van der Waals surface area (Å²) in [6.07, 6.45) is 1.52. The Kier molecular flexibility index (Phi) is 4.78. The lowest BCUT2D eigenvalue weighted by atomic mass is 10.2. The number of aromatic nitrogens is 1. The molecule has 1 aromatic heterocycles. The maximum atomic E-state index is 12.4. The van der Waals surface area contributed by atoms with Crippen LogP contribution in [0.3, 0.4) is 0 Å². The summed E-state index contributed by atoms with van der Waals surface area (Å²) < 4.78 is 0.979. The minimum absolute atomic E-state index is 0.141. The average Bonchev–Trinajstić information content (AvgIpc) is 2.40. The Balaban J connectivity index is 2.19. The molecule has 0 saturated heterocycles. The van der Waals surface area contributed by atoms with Crippen LogP contribution in [0.2, 0.25) is 5.02 Å². The minimum atomic E-state index is -0.141. The largest absolute Gasteiger partial charge is 0.337 e. The van der Waals surface area contributed by atoms with Gasteiger partial charge in [-0.05, 0) is 24.6 Å². The first-order valence-corrected chi connectivity index (χ1v) is 7.27. The van der Waals surface area contributed by atoms with E-state index in [9.17, 15) is 4.79 Å². The van der Waals surface area contributed by atoms with Gasteiger partial charge in [-0.1, -0.05) is 45.7 Å². The summed E-state index contributed by atoms with van der Waals surface area (Å²) in [5, 5.41) is 0.432. The number of aryl methyl sites for hydroxylation is 1. The van der Waals surface area contributed by atoms with E-state index in [0.29, 0.717) is 17.1 Å². The maximum absolute atomic E-state index is 12.4. The third-order valence-corrected chi connectivity index (χ3v) is 4.02. The van der Waals surface area contributed by atoms with Crippen LogP contribution in [0.15, 0.2) is 41.0 Å². The predicted octanol–water partition coefficient (Wildman–Crippen LogP) is 4.08. The van der Waals surface area contributed by atoms with E-state index in [1.807, 2.05) is 31.2 Å². The molecule has 0 aliphatic rings. The summed E-state index contributed by atoms with van der Waals surface area (Å²) in [5.74, 6) is -0.141. The van der Waals surface area contributed by atoms with E-state index in [1.54, 1.807) is 18.0 Å². The monoisotopic (exact) mass is 352 g/mol. The molecular weight excluding hydrogens is 340 g/mol. The van der Waals surface area contributed by atoms with E-state index in [2.05, 4.69) is 20.9 Å². The molecule has 1 aromatic carbocycles. The number of rotatable bonds is 3. The van der Waals surface area contributed by atoms with Crippen LogP contribution in [0.4, 0.5) is 0 Å². The number of hydrogen-bond acceptors (Lipinski definition) is 2. The summed E-state index contributed by atoms with van der Waals surface area (Å²) in [7, 11) is 1.75. The Hall–Kier alpha value is -1.39. The molecule has 3 nitrogen and oxygen atoms in total. The van der Waals surface area contributed by atoms with Crippen LogP contribution in [-0.4, -0.2) is 22.8 Å². The van der Waals surface area contributed by atoms with Crippen molar-refractivity contribution in [2.24, 2.45) is 0 Å². The van der Waals surface area contributed by atoms with Crippen LogP contribution >= 0.6 is 27.5 Å². The molecule has 0 spiro atoms. The van der Waals surface area contributed by atoms with E-state index < -0.39 is 0 Å². The van der Waals surface area contributed by atoms with E-state index in [1.165, 1.54) is 6.20 Å². The molecule has 0 bridgehead atoms. The van der Waals surface area contributed by atoms with Crippen molar-refractivity contribution in [1.29, 1.82) is 0 Å². The summed E-state index contributed by atoms with van der Waals surface area (Å²) in [5.41, 5.74) is 2.26. The van der Waals surface area contributed by atoms with Crippen LogP contribution < -0.4 is 0 Å². The molecule has 1 amide bonds. The number of nitrogens with zero attached hydrogens (tertiary/aromatic N) is 2. The fraction of sp³-hybridized carbons (Fsp3) is 0.200. The van der Waals surface area contributed by atoms with Crippen molar-refractivity contribution in [3.05, 3.63) is 62.8 Å². The molecule has 2 aromatic rings. The third-order valence-electron chi connectivity index (χ3n) is 2.93. The highest BCUT2D eigenvalue weighted by atomic mass is 79.9. The molecule has 0 fully saturated rings. The van der Waals surface area contributed by atoms with Gasteiger partial charge in [0.15, 0.2) is 0 Å². The summed E-state index contributed by atoms with van der Waals surface area (Å²) >= 11 is 9.58. The van der Waals surface area contributed by atoms with Crippen molar-refractivity contribution < 1.29 is 4.79 Å². The van der Waals surface area contributed by atoms with Gasteiger partial charge in [0.1, 0.15) is 0 Å². The maximum Gasteiger partial charge on any atom is 0.256 e. The Morgan fingerprint density at radius 2 is 2.10 bits per heavy atom. The van der Waals surface area contributed by atoms with Crippen molar-refractivity contribution in [2.45, 2.75) is 13.5 Å². The number of pyridine rings is 1. The van der Waals surface area contributed by atoms with Crippen LogP contribution in [0, 0.1) is 6.92 Å². The van der Waals surface area contributed by atoms with Gasteiger partial charge in [-0.15, -0.1) is 0 Å². The molecule has 0 N–H and O–H groups in total. The predicted molar refractivity (Wildman–Crippen MR) is 83.9 cm³/mol. The molecule has 0 saturated carbocycles. The van der Waals surface area contributed by atoms with Crippen molar-refractivity contribution in [3.63, 3.8) is 0 Å². The molecular formula is C15H14BrClN2O. The van der Waals surface area contributed by atoms with E-state index >= 15 is 0 Å². The normalized spacial score (nSPS) is 10.4. The Labute approximate surface area is 131 Å². The lowest BCUT2D eigenvalue weighted by Crippen LogP contribution is -2.26. The highest BCUT2D eigenvalue weighted by Crippen LogP contribution is 2.21. The lowest BCUT2D eigenvalue weighted by molar-refractivity contribution is 0.0784. The highest BCUT2D eigenvalue weighted by molar-refractivity contribution is 9.10. The quantitative estimate of drug-likeness (QED) is 0.833. The zero-order chi connectivity index (χ0) is 14.7. The van der Waals surface area contributed by atoms with Crippen molar-refractivity contribution >= 4 is 33.4 Å². The Morgan fingerprint density at radius 1 is 1.40 bits per heavy atom. The average molecular weight is 354 g/mol. The second-order valence-electron chi connectivity index (χ2n) is 4.56. The minimum Gasteiger partial charge on any atom is -0.337 e. The van der Waals surface area contributed by atoms with Crippen LogP contribution in [0.1, 0.15) is 21.6 Å². The molecule has 0 radical (unpaired) electrons. The third kappa shape index (κ3) is 3.38. The van der Waals surface area contributed by atoms with Gasteiger partial charge in [0.25, 0.3) is 5.91 Å². The second-order valence-corrected chi connectivity index (χ2v) is 5.82. The topological polar surface area (TPSA) is 33.2 Å². The Bertz CT molecular complexity index is 646. The number of carbonyl (C=O) groups is 1. The number of amides is 1. The second kappa shape index (κ2) is 6.37.